The molecule has 0 bridgehead atoms. The van der Waals surface area contributed by atoms with E-state index in [9.17, 15) is 0 Å². The smallest absolute Gasteiger partial charge is 0.226 e. The first-order valence-corrected chi connectivity index (χ1v) is 9.23. The summed E-state index contributed by atoms with van der Waals surface area (Å²) in [5.74, 6) is 0.716. The number of halogens is 1. The average molecular weight is 365 g/mol. The molecule has 1 saturated carbocycles. The zero-order valence-corrected chi connectivity index (χ0v) is 15.0. The molecule has 0 saturated heterocycles. The highest BCUT2D eigenvalue weighted by atomic mass is 35.5. The van der Waals surface area contributed by atoms with Crippen LogP contribution in [-0.2, 0) is 13.1 Å². The Morgan fingerprint density at radius 1 is 1.24 bits per heavy atom. The maximum atomic E-state index is 5.85. The molecule has 2 heterocycles. The topological polar surface area (TPSA) is 107 Å². The summed E-state index contributed by atoms with van der Waals surface area (Å²) in [6.07, 6.45) is 9.71. The number of nitrogens with one attached hydrogen (secondary N) is 2. The summed E-state index contributed by atoms with van der Waals surface area (Å²) in [4.78, 5) is 8.13. The van der Waals surface area contributed by atoms with Gasteiger partial charge in [-0.25, -0.2) is 4.98 Å². The quantitative estimate of drug-likeness (QED) is 0.487. The van der Waals surface area contributed by atoms with E-state index in [1.807, 2.05) is 10.9 Å². The Morgan fingerprint density at radius 3 is 2.88 bits per heavy atom. The van der Waals surface area contributed by atoms with Crippen molar-refractivity contribution in [2.24, 2.45) is 0 Å². The van der Waals surface area contributed by atoms with Crippen LogP contribution >= 0.6 is 11.6 Å². The molecule has 8 nitrogen and oxygen atoms in total. The van der Waals surface area contributed by atoms with Gasteiger partial charge in [-0.1, -0.05) is 36.1 Å². The van der Waals surface area contributed by atoms with Gasteiger partial charge in [-0.15, -0.1) is 5.10 Å². The number of hydrogen-bond donors (Lipinski definition) is 3. The van der Waals surface area contributed by atoms with Crippen molar-refractivity contribution >= 4 is 23.4 Å². The Bertz CT molecular complexity index is 648. The van der Waals surface area contributed by atoms with Gasteiger partial charge in [0.1, 0.15) is 16.7 Å². The molecule has 0 amide bonds. The highest BCUT2D eigenvalue weighted by Crippen LogP contribution is 2.17. The summed E-state index contributed by atoms with van der Waals surface area (Å²) in [6, 6.07) is 2.21. The van der Waals surface area contributed by atoms with Crippen molar-refractivity contribution in [2.45, 2.75) is 57.7 Å². The number of hydrogen-bond acceptors (Lipinski definition) is 7. The number of anilines is 2. The van der Waals surface area contributed by atoms with Gasteiger partial charge >= 0.3 is 0 Å². The Kier molecular flexibility index (Phi) is 6.41. The molecule has 0 aliphatic heterocycles. The molecule has 1 aliphatic carbocycles. The lowest BCUT2D eigenvalue weighted by Gasteiger charge is -2.22. The van der Waals surface area contributed by atoms with Gasteiger partial charge in [-0.05, 0) is 25.8 Å². The van der Waals surface area contributed by atoms with Crippen molar-refractivity contribution in [3.63, 3.8) is 0 Å². The summed E-state index contributed by atoms with van der Waals surface area (Å²) >= 11 is 5.85. The molecule has 2 aromatic rings. The average Bonchev–Trinajstić information content (AvgIpc) is 3.05. The van der Waals surface area contributed by atoms with Crippen LogP contribution in [0.3, 0.4) is 0 Å². The van der Waals surface area contributed by atoms with Crippen LogP contribution in [0.5, 0.6) is 0 Å². The van der Waals surface area contributed by atoms with Crippen LogP contribution in [0.25, 0.3) is 0 Å². The van der Waals surface area contributed by atoms with Crippen LogP contribution in [0.15, 0.2) is 12.3 Å². The maximum Gasteiger partial charge on any atom is 0.226 e. The van der Waals surface area contributed by atoms with Gasteiger partial charge in [-0.3, -0.25) is 4.68 Å². The lowest BCUT2D eigenvalue weighted by atomic mass is 9.95. The molecular weight excluding hydrogens is 340 g/mol. The minimum absolute atomic E-state index is 0.309. The first-order valence-electron chi connectivity index (χ1n) is 8.85. The Labute approximate surface area is 152 Å². The van der Waals surface area contributed by atoms with Crippen molar-refractivity contribution < 1.29 is 0 Å². The molecule has 1 fully saturated rings. The fraction of sp³-hybridized carbons (Fsp3) is 0.625. The largest absolute Gasteiger partial charge is 0.383 e. The highest BCUT2D eigenvalue weighted by Gasteiger charge is 2.11. The first-order chi connectivity index (χ1) is 12.2. The van der Waals surface area contributed by atoms with E-state index in [0.29, 0.717) is 29.5 Å². The predicted molar refractivity (Wildman–Crippen MR) is 98.3 cm³/mol. The monoisotopic (exact) mass is 364 g/mol. The van der Waals surface area contributed by atoms with Gasteiger partial charge < -0.3 is 16.4 Å². The van der Waals surface area contributed by atoms with Crippen molar-refractivity contribution in [2.75, 3.05) is 17.6 Å². The number of nitrogens with two attached hydrogens (primary N) is 1. The molecule has 0 atom stereocenters. The van der Waals surface area contributed by atoms with Crippen LogP contribution in [0.2, 0.25) is 5.15 Å². The summed E-state index contributed by atoms with van der Waals surface area (Å²) in [6.45, 7) is 2.35. The molecule has 25 heavy (non-hydrogen) atoms. The van der Waals surface area contributed by atoms with Crippen LogP contribution in [-0.4, -0.2) is 37.5 Å². The highest BCUT2D eigenvalue weighted by molar-refractivity contribution is 6.29. The molecule has 0 radical (unpaired) electrons. The molecule has 2 aromatic heterocycles. The Hall–Kier alpha value is -1.93. The lowest BCUT2D eigenvalue weighted by molar-refractivity contribution is 0.367. The van der Waals surface area contributed by atoms with E-state index in [-0.39, 0.29) is 0 Å². The van der Waals surface area contributed by atoms with E-state index in [2.05, 4.69) is 30.9 Å². The summed E-state index contributed by atoms with van der Waals surface area (Å²) in [5, 5.41) is 15.3. The second-order valence-corrected chi connectivity index (χ2v) is 6.80. The number of aromatic nitrogens is 5. The zero-order valence-electron chi connectivity index (χ0n) is 14.3. The van der Waals surface area contributed by atoms with Crippen molar-refractivity contribution in [3.8, 4) is 0 Å². The molecule has 0 aromatic carbocycles. The summed E-state index contributed by atoms with van der Waals surface area (Å²) < 4.78 is 1.87. The summed E-state index contributed by atoms with van der Waals surface area (Å²) in [5.41, 5.74) is 6.46. The second kappa shape index (κ2) is 8.96. The van der Waals surface area contributed by atoms with Gasteiger partial charge in [0, 0.05) is 18.7 Å². The third kappa shape index (κ3) is 5.82. The zero-order chi connectivity index (χ0) is 17.5. The first kappa shape index (κ1) is 17.9. The van der Waals surface area contributed by atoms with E-state index in [1.165, 1.54) is 38.2 Å². The lowest BCUT2D eigenvalue weighted by Crippen LogP contribution is -2.32. The van der Waals surface area contributed by atoms with Gasteiger partial charge in [0.15, 0.2) is 0 Å². The van der Waals surface area contributed by atoms with E-state index < -0.39 is 0 Å². The van der Waals surface area contributed by atoms with E-state index in [1.54, 1.807) is 0 Å². The summed E-state index contributed by atoms with van der Waals surface area (Å²) in [7, 11) is 0. The fourth-order valence-electron chi connectivity index (χ4n) is 3.07. The Morgan fingerprint density at radius 2 is 2.08 bits per heavy atom. The minimum atomic E-state index is 0.309. The Balaban J connectivity index is 1.38. The third-order valence-corrected chi connectivity index (χ3v) is 4.52. The molecule has 1 aliphatic rings. The third-order valence-electron chi connectivity index (χ3n) is 4.33. The normalized spacial score (nSPS) is 15.4. The minimum Gasteiger partial charge on any atom is -0.383 e. The molecule has 3 rings (SSSR count). The molecule has 0 spiro atoms. The van der Waals surface area contributed by atoms with Crippen LogP contribution < -0.4 is 16.4 Å². The van der Waals surface area contributed by atoms with Crippen molar-refractivity contribution in [3.05, 3.63) is 23.1 Å². The van der Waals surface area contributed by atoms with E-state index >= 15 is 0 Å². The number of nitrogen functional groups attached to an aromatic ring is 1. The van der Waals surface area contributed by atoms with Crippen LogP contribution in [0.1, 0.15) is 44.2 Å². The van der Waals surface area contributed by atoms with Gasteiger partial charge in [0.2, 0.25) is 5.95 Å². The molecule has 136 valence electrons. The van der Waals surface area contributed by atoms with Crippen molar-refractivity contribution in [1.82, 2.24) is 30.3 Å². The van der Waals surface area contributed by atoms with E-state index in [0.717, 1.165) is 25.2 Å². The molecular formula is C16H25ClN8. The standard InChI is InChI=1S/C16H25ClN8/c17-14-9-15(18)22-16(21-14)20-10-13-11-25(24-23-13)8-4-7-19-12-5-2-1-3-6-12/h9,11-12,19H,1-8,10H2,(H3,18,20,21,22). The van der Waals surface area contributed by atoms with Crippen LogP contribution in [0, 0.1) is 0 Å². The fourth-order valence-corrected chi connectivity index (χ4v) is 3.26. The van der Waals surface area contributed by atoms with Crippen molar-refractivity contribution in [1.29, 1.82) is 0 Å². The number of aryl methyl sites for hydroxylation is 1. The molecule has 0 unspecified atom stereocenters. The molecule has 9 heteroatoms. The SMILES string of the molecule is Nc1cc(Cl)nc(NCc2cn(CCCNC3CCCCC3)nn2)n1. The number of rotatable bonds is 8. The predicted octanol–water partition coefficient (Wildman–Crippen LogP) is 2.23. The second-order valence-electron chi connectivity index (χ2n) is 6.41. The van der Waals surface area contributed by atoms with Gasteiger partial charge in [-0.2, -0.15) is 4.98 Å². The maximum absolute atomic E-state index is 5.85. The van der Waals surface area contributed by atoms with Crippen LogP contribution in [0.4, 0.5) is 11.8 Å². The number of nitrogens with zero attached hydrogens (tertiary/aromatic N) is 5. The van der Waals surface area contributed by atoms with Gasteiger partial charge in [0.25, 0.3) is 0 Å². The van der Waals surface area contributed by atoms with E-state index in [4.69, 9.17) is 17.3 Å². The van der Waals surface area contributed by atoms with Gasteiger partial charge in [0.05, 0.1) is 12.7 Å². The molecule has 4 N–H and O–H groups in total.